The number of nitrogens with zero attached hydrogens (tertiary/aromatic N) is 1. The lowest BCUT2D eigenvalue weighted by Crippen LogP contribution is -2.47. The fourth-order valence-corrected chi connectivity index (χ4v) is 3.58. The summed E-state index contributed by atoms with van der Waals surface area (Å²) in [6.07, 6.45) is 1.64. The first-order chi connectivity index (χ1) is 8.58. The normalized spacial score (nSPS) is 31.6. The second-order valence-corrected chi connectivity index (χ2v) is 6.13. The van der Waals surface area contributed by atoms with Gasteiger partial charge in [0.1, 0.15) is 6.04 Å². The van der Waals surface area contributed by atoms with Gasteiger partial charge in [0.2, 0.25) is 0 Å². The summed E-state index contributed by atoms with van der Waals surface area (Å²) in [5.41, 5.74) is 0. The summed E-state index contributed by atoms with van der Waals surface area (Å²) in [5, 5.41) is 21.7. The number of urea groups is 1. The molecule has 2 saturated heterocycles. The van der Waals surface area contributed by atoms with Gasteiger partial charge in [-0.05, 0) is 18.6 Å². The predicted octanol–water partition coefficient (Wildman–Crippen LogP) is 0.111. The van der Waals surface area contributed by atoms with Crippen LogP contribution in [0.5, 0.6) is 0 Å². The first-order valence-electron chi connectivity index (χ1n) is 6.15. The fourth-order valence-electron chi connectivity index (χ4n) is 2.38. The lowest BCUT2D eigenvalue weighted by molar-refractivity contribution is -0.141. The summed E-state index contributed by atoms with van der Waals surface area (Å²) in [7, 11) is 0. The standard InChI is InChI=1S/C11H18N2O4S/c14-7-4-9(10(15)16)13(6-7)11(17)12-5-8-2-1-3-18-8/h7-9,14H,1-6H2,(H,12,17)(H,15,16)/t7?,8?,9-/m0/s1. The minimum absolute atomic E-state index is 0.0978. The van der Waals surface area contributed by atoms with Crippen molar-refractivity contribution in [2.45, 2.75) is 36.7 Å². The number of carbonyl (C=O) groups excluding carboxylic acids is 1. The molecule has 0 aromatic rings. The number of carboxylic acid groups (broad SMARTS) is 1. The summed E-state index contributed by atoms with van der Waals surface area (Å²) < 4.78 is 0. The van der Waals surface area contributed by atoms with Gasteiger partial charge in [0.15, 0.2) is 0 Å². The van der Waals surface area contributed by atoms with E-state index in [0.29, 0.717) is 11.8 Å². The highest BCUT2D eigenvalue weighted by Crippen LogP contribution is 2.25. The van der Waals surface area contributed by atoms with Crippen LogP contribution in [0.25, 0.3) is 0 Å². The number of rotatable bonds is 3. The smallest absolute Gasteiger partial charge is 0.326 e. The van der Waals surface area contributed by atoms with E-state index in [1.165, 1.54) is 11.3 Å². The van der Waals surface area contributed by atoms with Gasteiger partial charge in [0.05, 0.1) is 6.10 Å². The van der Waals surface area contributed by atoms with Gasteiger partial charge in [-0.2, -0.15) is 11.8 Å². The molecule has 2 aliphatic rings. The minimum atomic E-state index is -1.06. The van der Waals surface area contributed by atoms with Crippen molar-refractivity contribution in [3.05, 3.63) is 0 Å². The summed E-state index contributed by atoms with van der Waals surface area (Å²) in [5.74, 6) is 0.0673. The molecule has 2 fully saturated rings. The molecule has 6 nitrogen and oxygen atoms in total. The first-order valence-corrected chi connectivity index (χ1v) is 7.19. The molecule has 3 atom stereocenters. The lowest BCUT2D eigenvalue weighted by atomic mass is 10.2. The number of hydrogen-bond acceptors (Lipinski definition) is 4. The predicted molar refractivity (Wildman–Crippen MR) is 67.6 cm³/mol. The number of likely N-dealkylation sites (tertiary alicyclic amines) is 1. The monoisotopic (exact) mass is 274 g/mol. The lowest BCUT2D eigenvalue weighted by Gasteiger charge is -2.22. The Bertz CT molecular complexity index is 333. The second-order valence-electron chi connectivity index (χ2n) is 4.72. The van der Waals surface area contributed by atoms with Crippen LogP contribution < -0.4 is 5.32 Å². The van der Waals surface area contributed by atoms with Gasteiger partial charge >= 0.3 is 12.0 Å². The molecule has 18 heavy (non-hydrogen) atoms. The molecular formula is C11H18N2O4S. The minimum Gasteiger partial charge on any atom is -0.480 e. The van der Waals surface area contributed by atoms with E-state index in [1.54, 1.807) is 0 Å². The highest BCUT2D eigenvalue weighted by Gasteiger charge is 2.39. The van der Waals surface area contributed by atoms with Crippen molar-refractivity contribution < 1.29 is 19.8 Å². The van der Waals surface area contributed by atoms with E-state index in [-0.39, 0.29) is 19.0 Å². The second kappa shape index (κ2) is 5.79. The number of carboxylic acids is 1. The van der Waals surface area contributed by atoms with Crippen LogP contribution in [0.15, 0.2) is 0 Å². The van der Waals surface area contributed by atoms with E-state index in [2.05, 4.69) is 5.32 Å². The third kappa shape index (κ3) is 3.08. The molecule has 102 valence electrons. The summed E-state index contributed by atoms with van der Waals surface area (Å²) >= 11 is 1.84. The number of hydrogen-bond donors (Lipinski definition) is 3. The molecule has 0 aromatic heterocycles. The van der Waals surface area contributed by atoms with Crippen molar-refractivity contribution in [2.75, 3.05) is 18.8 Å². The molecule has 0 aromatic carbocycles. The Morgan fingerprint density at radius 3 is 2.83 bits per heavy atom. The molecule has 7 heteroatoms. The Hall–Kier alpha value is -0.950. The molecule has 2 aliphatic heterocycles. The maximum absolute atomic E-state index is 11.9. The van der Waals surface area contributed by atoms with Gasteiger partial charge < -0.3 is 20.4 Å². The Labute approximate surface area is 110 Å². The van der Waals surface area contributed by atoms with Crippen molar-refractivity contribution in [3.63, 3.8) is 0 Å². The molecule has 0 saturated carbocycles. The molecular weight excluding hydrogens is 256 g/mol. The molecule has 0 spiro atoms. The van der Waals surface area contributed by atoms with Crippen molar-refractivity contribution in [2.24, 2.45) is 0 Å². The molecule has 3 N–H and O–H groups in total. The van der Waals surface area contributed by atoms with E-state index < -0.39 is 18.1 Å². The Morgan fingerprint density at radius 1 is 1.44 bits per heavy atom. The van der Waals surface area contributed by atoms with Gasteiger partial charge in [-0.1, -0.05) is 0 Å². The summed E-state index contributed by atoms with van der Waals surface area (Å²) in [6.45, 7) is 0.670. The van der Waals surface area contributed by atoms with Gasteiger partial charge in [-0.3, -0.25) is 0 Å². The largest absolute Gasteiger partial charge is 0.480 e. The Balaban J connectivity index is 1.85. The van der Waals surface area contributed by atoms with Crippen molar-refractivity contribution in [1.82, 2.24) is 10.2 Å². The van der Waals surface area contributed by atoms with Crippen LogP contribution in [0.4, 0.5) is 4.79 Å². The SMILES string of the molecule is O=C(O)[C@@H]1CC(O)CN1C(=O)NCC1CCCS1. The zero-order valence-electron chi connectivity index (χ0n) is 10.0. The quantitative estimate of drug-likeness (QED) is 0.679. The fraction of sp³-hybridized carbons (Fsp3) is 0.818. The van der Waals surface area contributed by atoms with Crippen LogP contribution in [0.1, 0.15) is 19.3 Å². The third-order valence-electron chi connectivity index (χ3n) is 3.33. The van der Waals surface area contributed by atoms with E-state index in [4.69, 9.17) is 5.11 Å². The summed E-state index contributed by atoms with van der Waals surface area (Å²) in [6, 6.07) is -1.29. The van der Waals surface area contributed by atoms with E-state index in [9.17, 15) is 14.7 Å². The third-order valence-corrected chi connectivity index (χ3v) is 4.73. The summed E-state index contributed by atoms with van der Waals surface area (Å²) in [4.78, 5) is 24.1. The van der Waals surface area contributed by atoms with Crippen LogP contribution >= 0.6 is 11.8 Å². The number of carbonyl (C=O) groups is 2. The van der Waals surface area contributed by atoms with Gasteiger partial charge in [-0.25, -0.2) is 9.59 Å². The molecule has 0 bridgehead atoms. The Morgan fingerprint density at radius 2 is 2.22 bits per heavy atom. The van der Waals surface area contributed by atoms with E-state index >= 15 is 0 Å². The maximum atomic E-state index is 11.9. The average molecular weight is 274 g/mol. The first kappa shape index (κ1) is 13.5. The number of β-amino-alcohol motifs (C(OH)–C–C–N with tert-alkyl or cyclic N) is 1. The van der Waals surface area contributed by atoms with Crippen LogP contribution in [-0.2, 0) is 4.79 Å². The Kier molecular flexibility index (Phi) is 4.34. The van der Waals surface area contributed by atoms with Crippen LogP contribution in [0.2, 0.25) is 0 Å². The molecule has 0 radical (unpaired) electrons. The highest BCUT2D eigenvalue weighted by molar-refractivity contribution is 8.00. The topological polar surface area (TPSA) is 89.9 Å². The number of thioether (sulfide) groups is 1. The molecule has 2 amide bonds. The molecule has 2 unspecified atom stereocenters. The van der Waals surface area contributed by atoms with Crippen LogP contribution in [0, 0.1) is 0 Å². The molecule has 2 heterocycles. The average Bonchev–Trinajstić information content (AvgIpc) is 2.94. The van der Waals surface area contributed by atoms with E-state index in [1.807, 2.05) is 11.8 Å². The zero-order valence-corrected chi connectivity index (χ0v) is 10.9. The number of aliphatic carboxylic acids is 1. The maximum Gasteiger partial charge on any atom is 0.326 e. The van der Waals surface area contributed by atoms with Crippen molar-refractivity contribution in [1.29, 1.82) is 0 Å². The van der Waals surface area contributed by atoms with Gasteiger partial charge in [-0.15, -0.1) is 0 Å². The number of aliphatic hydroxyl groups is 1. The number of aliphatic hydroxyl groups excluding tert-OH is 1. The van der Waals surface area contributed by atoms with Gasteiger partial charge in [0.25, 0.3) is 0 Å². The van der Waals surface area contributed by atoms with E-state index in [0.717, 1.165) is 12.2 Å². The van der Waals surface area contributed by atoms with Crippen molar-refractivity contribution in [3.8, 4) is 0 Å². The highest BCUT2D eigenvalue weighted by atomic mass is 32.2. The van der Waals surface area contributed by atoms with Crippen LogP contribution in [-0.4, -0.2) is 63.4 Å². The molecule has 2 rings (SSSR count). The zero-order chi connectivity index (χ0) is 13.1. The van der Waals surface area contributed by atoms with Crippen molar-refractivity contribution >= 4 is 23.8 Å². The van der Waals surface area contributed by atoms with Crippen LogP contribution in [0.3, 0.4) is 0 Å². The number of amides is 2. The van der Waals surface area contributed by atoms with Gasteiger partial charge in [0, 0.05) is 24.8 Å². The molecule has 0 aliphatic carbocycles. The number of nitrogens with one attached hydrogen (secondary N) is 1.